The average molecular weight is 258 g/mol. The second-order valence-corrected chi connectivity index (χ2v) is 4.65. The van der Waals surface area contributed by atoms with Gasteiger partial charge >= 0.3 is 0 Å². The lowest BCUT2D eigenvalue weighted by atomic mass is 9.96. The number of aromatic nitrogens is 2. The van der Waals surface area contributed by atoms with Crippen molar-refractivity contribution < 1.29 is 0 Å². The van der Waals surface area contributed by atoms with Crippen molar-refractivity contribution in [3.63, 3.8) is 0 Å². The van der Waals surface area contributed by atoms with Crippen molar-refractivity contribution in [2.75, 3.05) is 0 Å². The van der Waals surface area contributed by atoms with Crippen LogP contribution in [0.15, 0.2) is 10.8 Å². The summed E-state index contributed by atoms with van der Waals surface area (Å²) in [7, 11) is 0. The topological polar surface area (TPSA) is 43.8 Å². The molecule has 2 N–H and O–H groups in total. The van der Waals surface area contributed by atoms with Gasteiger partial charge in [0.2, 0.25) is 0 Å². The van der Waals surface area contributed by atoms with Gasteiger partial charge in [0.15, 0.2) is 0 Å². The summed E-state index contributed by atoms with van der Waals surface area (Å²) in [6.07, 6.45) is 8.41. The van der Waals surface area contributed by atoms with Crippen molar-refractivity contribution in [3.05, 3.63) is 16.4 Å². The molecule has 14 heavy (non-hydrogen) atoms. The molecule has 0 bridgehead atoms. The van der Waals surface area contributed by atoms with Gasteiger partial charge in [-0.05, 0) is 28.8 Å². The highest BCUT2D eigenvalue weighted by Gasteiger charge is 2.18. The molecule has 3 nitrogen and oxygen atoms in total. The van der Waals surface area contributed by atoms with Gasteiger partial charge in [-0.15, -0.1) is 0 Å². The lowest BCUT2D eigenvalue weighted by molar-refractivity contribution is 0.325. The van der Waals surface area contributed by atoms with E-state index in [0.29, 0.717) is 12.6 Å². The predicted octanol–water partition coefficient (Wildman–Crippen LogP) is 2.61. The van der Waals surface area contributed by atoms with Crippen LogP contribution in [0, 0.1) is 0 Å². The minimum absolute atomic E-state index is 0.563. The largest absolute Gasteiger partial charge is 0.326 e. The monoisotopic (exact) mass is 257 g/mol. The van der Waals surface area contributed by atoms with Crippen molar-refractivity contribution in [2.24, 2.45) is 5.73 Å². The summed E-state index contributed by atoms with van der Waals surface area (Å²) in [5, 5.41) is 4.40. The molecule has 0 amide bonds. The molecule has 0 unspecified atom stereocenters. The predicted molar refractivity (Wildman–Crippen MR) is 59.9 cm³/mol. The molecule has 0 atom stereocenters. The van der Waals surface area contributed by atoms with Crippen molar-refractivity contribution in [1.29, 1.82) is 0 Å². The van der Waals surface area contributed by atoms with Crippen molar-refractivity contribution in [2.45, 2.75) is 44.7 Å². The second kappa shape index (κ2) is 4.45. The SMILES string of the molecule is NCc1cnn(C2CCCCC2)c1Br. The molecule has 78 valence electrons. The van der Waals surface area contributed by atoms with Crippen LogP contribution >= 0.6 is 15.9 Å². The minimum atomic E-state index is 0.563. The van der Waals surface area contributed by atoms with Crippen LogP contribution < -0.4 is 5.73 Å². The highest BCUT2D eigenvalue weighted by molar-refractivity contribution is 9.10. The van der Waals surface area contributed by atoms with Gasteiger partial charge in [-0.1, -0.05) is 19.3 Å². The number of rotatable bonds is 2. The van der Waals surface area contributed by atoms with Gasteiger partial charge in [0, 0.05) is 12.1 Å². The molecule has 1 aromatic heterocycles. The van der Waals surface area contributed by atoms with E-state index in [9.17, 15) is 0 Å². The van der Waals surface area contributed by atoms with Crippen LogP contribution in [0.2, 0.25) is 0 Å². The summed E-state index contributed by atoms with van der Waals surface area (Å²) < 4.78 is 3.17. The van der Waals surface area contributed by atoms with Gasteiger partial charge in [0.1, 0.15) is 4.60 Å². The Labute approximate surface area is 92.8 Å². The maximum Gasteiger partial charge on any atom is 0.108 e. The molecule has 1 aliphatic rings. The summed E-state index contributed by atoms with van der Waals surface area (Å²) in [6, 6.07) is 0.582. The number of nitrogens with zero attached hydrogens (tertiary/aromatic N) is 2. The van der Waals surface area contributed by atoms with Crippen LogP contribution in [0.3, 0.4) is 0 Å². The van der Waals surface area contributed by atoms with Crippen LogP contribution in [-0.4, -0.2) is 9.78 Å². The van der Waals surface area contributed by atoms with Crippen LogP contribution in [0.4, 0.5) is 0 Å². The maximum absolute atomic E-state index is 5.61. The molecule has 0 saturated heterocycles. The van der Waals surface area contributed by atoms with Gasteiger partial charge in [-0.3, -0.25) is 4.68 Å². The fraction of sp³-hybridized carbons (Fsp3) is 0.700. The van der Waals surface area contributed by atoms with E-state index in [4.69, 9.17) is 5.73 Å². The fourth-order valence-corrected chi connectivity index (χ4v) is 2.75. The summed E-state index contributed by atoms with van der Waals surface area (Å²) in [4.78, 5) is 0. The molecule has 4 heteroatoms. The summed E-state index contributed by atoms with van der Waals surface area (Å²) in [5.41, 5.74) is 6.72. The van der Waals surface area contributed by atoms with Crippen molar-refractivity contribution in [3.8, 4) is 0 Å². The van der Waals surface area contributed by atoms with Crippen LogP contribution in [0.25, 0.3) is 0 Å². The Bertz CT molecular complexity index is 302. The highest BCUT2D eigenvalue weighted by Crippen LogP contribution is 2.31. The van der Waals surface area contributed by atoms with Gasteiger partial charge < -0.3 is 5.73 Å². The first-order chi connectivity index (χ1) is 6.83. The smallest absolute Gasteiger partial charge is 0.108 e. The van der Waals surface area contributed by atoms with Crippen molar-refractivity contribution in [1.82, 2.24) is 9.78 Å². The molecule has 1 aliphatic carbocycles. The molecule has 0 aromatic carbocycles. The Morgan fingerprint density at radius 3 is 2.71 bits per heavy atom. The van der Waals surface area contributed by atoms with E-state index in [0.717, 1.165) is 10.2 Å². The first-order valence-electron chi connectivity index (χ1n) is 5.25. The number of nitrogens with two attached hydrogens (primary N) is 1. The van der Waals surface area contributed by atoms with Crippen LogP contribution in [-0.2, 0) is 6.54 Å². The van der Waals surface area contributed by atoms with Gasteiger partial charge in [0.25, 0.3) is 0 Å². The Hall–Kier alpha value is -0.350. The van der Waals surface area contributed by atoms with E-state index in [-0.39, 0.29) is 0 Å². The molecule has 0 aliphatic heterocycles. The third kappa shape index (κ3) is 1.86. The zero-order chi connectivity index (χ0) is 9.97. The Morgan fingerprint density at radius 2 is 2.14 bits per heavy atom. The third-order valence-corrected chi connectivity index (χ3v) is 3.82. The number of halogens is 1. The molecule has 1 aromatic rings. The zero-order valence-electron chi connectivity index (χ0n) is 8.25. The maximum atomic E-state index is 5.61. The second-order valence-electron chi connectivity index (χ2n) is 3.90. The summed E-state index contributed by atoms with van der Waals surface area (Å²) in [5.74, 6) is 0. The number of hydrogen-bond donors (Lipinski definition) is 1. The van der Waals surface area contributed by atoms with Gasteiger partial charge in [-0.2, -0.15) is 5.10 Å². The zero-order valence-corrected chi connectivity index (χ0v) is 9.83. The van der Waals surface area contributed by atoms with E-state index < -0.39 is 0 Å². The molecule has 0 spiro atoms. The van der Waals surface area contributed by atoms with Crippen molar-refractivity contribution >= 4 is 15.9 Å². The minimum Gasteiger partial charge on any atom is -0.326 e. The Balaban J connectivity index is 2.18. The first-order valence-corrected chi connectivity index (χ1v) is 6.04. The van der Waals surface area contributed by atoms with Gasteiger partial charge in [0.05, 0.1) is 12.2 Å². The normalized spacial score (nSPS) is 18.7. The quantitative estimate of drug-likeness (QED) is 0.886. The molecule has 1 saturated carbocycles. The van der Waals surface area contributed by atoms with E-state index >= 15 is 0 Å². The Kier molecular flexibility index (Phi) is 3.23. The summed E-state index contributed by atoms with van der Waals surface area (Å²) >= 11 is 3.57. The molecule has 1 heterocycles. The molecular formula is C10H16BrN3. The van der Waals surface area contributed by atoms with E-state index in [2.05, 4.69) is 25.7 Å². The lowest BCUT2D eigenvalue weighted by Crippen LogP contribution is -2.14. The van der Waals surface area contributed by atoms with E-state index in [1.165, 1.54) is 32.1 Å². The van der Waals surface area contributed by atoms with Gasteiger partial charge in [-0.25, -0.2) is 0 Å². The van der Waals surface area contributed by atoms with E-state index in [1.54, 1.807) is 0 Å². The van der Waals surface area contributed by atoms with Crippen LogP contribution in [0.1, 0.15) is 43.7 Å². The van der Waals surface area contributed by atoms with E-state index in [1.807, 2.05) is 6.20 Å². The first kappa shape index (κ1) is 10.2. The highest BCUT2D eigenvalue weighted by atomic mass is 79.9. The molecule has 0 radical (unpaired) electrons. The average Bonchev–Trinajstić information content (AvgIpc) is 2.61. The molecule has 1 fully saturated rings. The third-order valence-electron chi connectivity index (χ3n) is 2.94. The molecular weight excluding hydrogens is 242 g/mol. The Morgan fingerprint density at radius 1 is 1.43 bits per heavy atom. The fourth-order valence-electron chi connectivity index (χ4n) is 2.10. The molecule has 2 rings (SSSR count). The standard InChI is InChI=1S/C10H16BrN3/c11-10-8(6-12)7-13-14(10)9-4-2-1-3-5-9/h7,9H,1-6,12H2. The van der Waals surface area contributed by atoms with Crippen LogP contribution in [0.5, 0.6) is 0 Å². The number of hydrogen-bond acceptors (Lipinski definition) is 2. The summed E-state index contributed by atoms with van der Waals surface area (Å²) in [6.45, 7) is 0.563. The lowest BCUT2D eigenvalue weighted by Gasteiger charge is -2.22.